The van der Waals surface area contributed by atoms with E-state index in [1.807, 2.05) is 45.0 Å². The Morgan fingerprint density at radius 2 is 2.06 bits per heavy atom. The minimum Gasteiger partial charge on any atom is -0.383 e. The molecule has 8 heteroatoms. The van der Waals surface area contributed by atoms with Crippen LogP contribution in [-0.2, 0) is 6.54 Å². The highest BCUT2D eigenvalue weighted by molar-refractivity contribution is 6.16. The van der Waals surface area contributed by atoms with Crippen LogP contribution in [0.15, 0.2) is 35.4 Å². The highest BCUT2D eigenvalue weighted by Gasteiger charge is 2.16. The Balaban J connectivity index is 2.04. The molecule has 2 heterocycles. The molecule has 0 saturated heterocycles. The van der Waals surface area contributed by atoms with E-state index in [2.05, 4.69) is 27.1 Å². The Labute approximate surface area is 180 Å². The van der Waals surface area contributed by atoms with Gasteiger partial charge in [-0.05, 0) is 50.6 Å². The number of benzene rings is 1. The number of aliphatic hydroxyl groups is 1. The smallest absolute Gasteiger partial charge is 0.259 e. The van der Waals surface area contributed by atoms with Crippen molar-refractivity contribution in [1.82, 2.24) is 14.5 Å². The number of pyridine rings is 1. The van der Waals surface area contributed by atoms with E-state index in [9.17, 15) is 9.90 Å². The summed E-state index contributed by atoms with van der Waals surface area (Å²) in [4.78, 5) is 21.4. The van der Waals surface area contributed by atoms with Crippen LogP contribution in [0.2, 0.25) is 0 Å². The molecule has 0 radical (unpaired) electrons. The lowest BCUT2D eigenvalue weighted by Gasteiger charge is -2.19. The number of fused-ring (bicyclic) bond motifs is 1. The van der Waals surface area contributed by atoms with Gasteiger partial charge < -0.3 is 20.7 Å². The quantitative estimate of drug-likeness (QED) is 0.372. The summed E-state index contributed by atoms with van der Waals surface area (Å²) < 4.78 is 1.76. The maximum atomic E-state index is 13.2. The Bertz CT molecular complexity index is 1260. The summed E-state index contributed by atoms with van der Waals surface area (Å²) in [7, 11) is 0. The molecule has 1 aromatic carbocycles. The topological polar surface area (TPSA) is 130 Å². The standard InChI is InChI=1S/C23H26N6O2/c1-13(2)29-17(10-16-7-5-6-14(3)19(16)23(29)31)11-26-22-20(21(25)27-12-28-22)18(24)9-8-15(4)30/h5-7,10,12-13,15,24,30H,11H2,1-4H3,(H3,25,26,27,28)/t15-/m1/s1. The minimum atomic E-state index is -0.871. The van der Waals surface area contributed by atoms with Crippen molar-refractivity contribution in [2.45, 2.75) is 46.4 Å². The van der Waals surface area contributed by atoms with Gasteiger partial charge in [0.25, 0.3) is 5.56 Å². The van der Waals surface area contributed by atoms with Gasteiger partial charge in [-0.1, -0.05) is 24.1 Å². The number of nitrogens with two attached hydrogens (primary N) is 1. The molecule has 0 aliphatic rings. The lowest BCUT2D eigenvalue weighted by Crippen LogP contribution is -2.27. The Morgan fingerprint density at radius 3 is 2.74 bits per heavy atom. The van der Waals surface area contributed by atoms with Crippen molar-refractivity contribution in [3.8, 4) is 11.8 Å². The van der Waals surface area contributed by atoms with E-state index < -0.39 is 6.10 Å². The zero-order chi connectivity index (χ0) is 22.7. The molecule has 3 aromatic rings. The average molecular weight is 419 g/mol. The molecule has 0 aliphatic heterocycles. The van der Waals surface area contributed by atoms with Crippen molar-refractivity contribution in [1.29, 1.82) is 5.41 Å². The molecule has 3 rings (SSSR count). The molecular formula is C23H26N6O2. The molecule has 2 aromatic heterocycles. The number of aliphatic hydroxyl groups excluding tert-OH is 1. The summed E-state index contributed by atoms with van der Waals surface area (Å²) in [6, 6.07) is 7.73. The lowest BCUT2D eigenvalue weighted by molar-refractivity contribution is 0.253. The number of aromatic nitrogens is 3. The summed E-state index contributed by atoms with van der Waals surface area (Å²) in [5, 5.41) is 22.4. The second-order valence-electron chi connectivity index (χ2n) is 7.60. The van der Waals surface area contributed by atoms with Crippen LogP contribution < -0.4 is 16.6 Å². The first kappa shape index (κ1) is 22.0. The number of hydrogen-bond acceptors (Lipinski definition) is 7. The van der Waals surface area contributed by atoms with Gasteiger partial charge in [0, 0.05) is 11.7 Å². The maximum Gasteiger partial charge on any atom is 0.259 e. The minimum absolute atomic E-state index is 0.0413. The zero-order valence-corrected chi connectivity index (χ0v) is 18.0. The van der Waals surface area contributed by atoms with Gasteiger partial charge >= 0.3 is 0 Å². The second kappa shape index (κ2) is 8.98. The molecule has 0 amide bonds. The predicted octanol–water partition coefficient (Wildman–Crippen LogP) is 2.63. The van der Waals surface area contributed by atoms with Crippen LogP contribution in [0.1, 0.15) is 43.6 Å². The van der Waals surface area contributed by atoms with Gasteiger partial charge in [-0.25, -0.2) is 9.97 Å². The fourth-order valence-corrected chi connectivity index (χ4v) is 3.50. The normalized spacial score (nSPS) is 11.8. The largest absolute Gasteiger partial charge is 0.383 e. The first-order chi connectivity index (χ1) is 14.7. The first-order valence-electron chi connectivity index (χ1n) is 9.97. The van der Waals surface area contributed by atoms with E-state index in [0.29, 0.717) is 11.2 Å². The summed E-state index contributed by atoms with van der Waals surface area (Å²) in [5.74, 6) is 5.55. The second-order valence-corrected chi connectivity index (χ2v) is 7.60. The van der Waals surface area contributed by atoms with Gasteiger partial charge in [-0.15, -0.1) is 0 Å². The Kier molecular flexibility index (Phi) is 6.37. The van der Waals surface area contributed by atoms with E-state index in [1.54, 1.807) is 4.57 Å². The van der Waals surface area contributed by atoms with E-state index in [4.69, 9.17) is 11.1 Å². The van der Waals surface area contributed by atoms with Gasteiger partial charge in [0.2, 0.25) is 0 Å². The highest BCUT2D eigenvalue weighted by Crippen LogP contribution is 2.21. The van der Waals surface area contributed by atoms with Gasteiger partial charge in [0.15, 0.2) is 0 Å². The fraction of sp³-hybridized carbons (Fsp3) is 0.304. The highest BCUT2D eigenvalue weighted by atomic mass is 16.3. The molecule has 0 bridgehead atoms. The number of anilines is 2. The van der Waals surface area contributed by atoms with E-state index in [0.717, 1.165) is 16.6 Å². The molecular weight excluding hydrogens is 392 g/mol. The molecule has 5 N–H and O–H groups in total. The summed E-state index contributed by atoms with van der Waals surface area (Å²) in [5.41, 5.74) is 7.81. The molecule has 160 valence electrons. The van der Waals surface area contributed by atoms with Gasteiger partial charge in [-0.3, -0.25) is 10.2 Å². The molecule has 1 atom stereocenters. The lowest BCUT2D eigenvalue weighted by atomic mass is 10.1. The van der Waals surface area contributed by atoms with E-state index >= 15 is 0 Å². The van der Waals surface area contributed by atoms with Crippen LogP contribution >= 0.6 is 0 Å². The number of nitrogen functional groups attached to an aromatic ring is 1. The maximum absolute atomic E-state index is 13.2. The van der Waals surface area contributed by atoms with Gasteiger partial charge in [0.1, 0.15) is 29.8 Å². The van der Waals surface area contributed by atoms with Crippen molar-refractivity contribution in [3.63, 3.8) is 0 Å². The van der Waals surface area contributed by atoms with Crippen molar-refractivity contribution >= 4 is 28.1 Å². The Morgan fingerprint density at radius 1 is 1.32 bits per heavy atom. The molecule has 8 nitrogen and oxygen atoms in total. The van der Waals surface area contributed by atoms with Crippen LogP contribution in [0.4, 0.5) is 11.6 Å². The van der Waals surface area contributed by atoms with Gasteiger partial charge in [-0.2, -0.15) is 0 Å². The van der Waals surface area contributed by atoms with Crippen LogP contribution in [0.25, 0.3) is 10.8 Å². The van der Waals surface area contributed by atoms with E-state index in [1.165, 1.54) is 13.3 Å². The van der Waals surface area contributed by atoms with Crippen molar-refractivity contribution < 1.29 is 5.11 Å². The summed E-state index contributed by atoms with van der Waals surface area (Å²) >= 11 is 0. The predicted molar refractivity (Wildman–Crippen MR) is 123 cm³/mol. The monoisotopic (exact) mass is 418 g/mol. The van der Waals surface area contributed by atoms with Crippen LogP contribution in [0, 0.1) is 24.2 Å². The molecule has 0 spiro atoms. The van der Waals surface area contributed by atoms with Gasteiger partial charge in [0.05, 0.1) is 17.5 Å². The van der Waals surface area contributed by atoms with Crippen molar-refractivity contribution in [2.24, 2.45) is 0 Å². The number of nitrogens with zero attached hydrogens (tertiary/aromatic N) is 3. The molecule has 0 aliphatic carbocycles. The number of rotatable bonds is 5. The zero-order valence-electron chi connectivity index (χ0n) is 18.0. The molecule has 31 heavy (non-hydrogen) atoms. The molecule has 0 fully saturated rings. The van der Waals surface area contributed by atoms with Crippen LogP contribution in [0.3, 0.4) is 0 Å². The fourth-order valence-electron chi connectivity index (χ4n) is 3.50. The van der Waals surface area contributed by atoms with Crippen molar-refractivity contribution in [2.75, 3.05) is 11.1 Å². The van der Waals surface area contributed by atoms with Crippen LogP contribution in [-0.4, -0.2) is 31.5 Å². The third-order valence-corrected chi connectivity index (χ3v) is 4.86. The summed E-state index contributed by atoms with van der Waals surface area (Å²) in [6.07, 6.45) is 0.430. The first-order valence-corrected chi connectivity index (χ1v) is 9.97. The number of hydrogen-bond donors (Lipinski definition) is 4. The molecule has 0 unspecified atom stereocenters. The molecule has 0 saturated carbocycles. The summed E-state index contributed by atoms with van der Waals surface area (Å²) in [6.45, 7) is 7.66. The van der Waals surface area contributed by atoms with E-state index in [-0.39, 0.29) is 35.2 Å². The average Bonchev–Trinajstić information content (AvgIpc) is 2.70. The third kappa shape index (κ3) is 4.57. The van der Waals surface area contributed by atoms with Crippen LogP contribution in [0.5, 0.6) is 0 Å². The third-order valence-electron chi connectivity index (χ3n) is 4.86. The number of nitrogens with one attached hydrogen (secondary N) is 2. The Hall–Kier alpha value is -3.70. The number of aryl methyl sites for hydroxylation is 1. The SMILES string of the molecule is Cc1cccc2cc(CNc3ncnc(N)c3C(=N)C#C[C@@H](C)O)n(C(C)C)c(=O)c12. The van der Waals surface area contributed by atoms with Crippen molar-refractivity contribution in [3.05, 3.63) is 57.8 Å².